The van der Waals surface area contributed by atoms with Gasteiger partial charge in [0, 0.05) is 22.2 Å². The smallest absolute Gasteiger partial charge is 0.248 e. The first kappa shape index (κ1) is 18.1. The lowest BCUT2D eigenvalue weighted by Crippen LogP contribution is -2.44. The van der Waals surface area contributed by atoms with Crippen molar-refractivity contribution < 1.29 is 9.18 Å². The molecule has 8 heteroatoms. The van der Waals surface area contributed by atoms with E-state index in [-0.39, 0.29) is 22.6 Å². The summed E-state index contributed by atoms with van der Waals surface area (Å²) in [5.41, 5.74) is 6.63. The van der Waals surface area contributed by atoms with E-state index >= 15 is 0 Å². The second-order valence-electron chi connectivity index (χ2n) is 5.25. The Morgan fingerprint density at radius 2 is 1.85 bits per heavy atom. The number of rotatable bonds is 4. The molecule has 1 aromatic heterocycles. The molecule has 1 amide bonds. The van der Waals surface area contributed by atoms with Gasteiger partial charge in [0.1, 0.15) is 5.82 Å². The molecule has 0 unspecified atom stereocenters. The van der Waals surface area contributed by atoms with Crippen LogP contribution in [-0.4, -0.2) is 21.8 Å². The molecule has 0 aliphatic carbocycles. The molecule has 0 bridgehead atoms. The molecule has 0 aliphatic rings. The first-order valence-electron chi connectivity index (χ1n) is 7.70. The van der Waals surface area contributed by atoms with Gasteiger partial charge in [-0.3, -0.25) is 20.6 Å². The van der Waals surface area contributed by atoms with Crippen LogP contribution in [0.1, 0.15) is 0 Å². The van der Waals surface area contributed by atoms with Crippen molar-refractivity contribution in [2.75, 3.05) is 11.1 Å². The Kier molecular flexibility index (Phi) is 5.98. The molecule has 0 fully saturated rings. The number of halogens is 1. The molecule has 0 spiro atoms. The minimum atomic E-state index is -0.331. The monoisotopic (exact) mass is 386 g/mol. The second kappa shape index (κ2) is 8.59. The van der Waals surface area contributed by atoms with E-state index in [4.69, 9.17) is 12.2 Å². The number of thiocarbonyl (C=S) groups is 1. The number of hydrogen-bond acceptors (Lipinski definition) is 4. The zero-order valence-corrected chi connectivity index (χ0v) is 15.2. The van der Waals surface area contributed by atoms with Crippen molar-refractivity contribution in [2.45, 2.75) is 4.90 Å². The van der Waals surface area contributed by atoms with E-state index in [1.165, 1.54) is 23.9 Å². The summed E-state index contributed by atoms with van der Waals surface area (Å²) in [6.45, 7) is 0. The molecule has 3 rings (SSSR count). The number of aromatic nitrogens is 1. The number of hydrazine groups is 1. The Bertz CT molecular complexity index is 929. The maximum Gasteiger partial charge on any atom is 0.248 e. The van der Waals surface area contributed by atoms with Gasteiger partial charge < -0.3 is 5.32 Å². The van der Waals surface area contributed by atoms with E-state index in [1.54, 1.807) is 18.3 Å². The number of benzene rings is 2. The third-order valence-electron chi connectivity index (χ3n) is 3.37. The van der Waals surface area contributed by atoms with Crippen molar-refractivity contribution in [3.05, 3.63) is 66.6 Å². The molecule has 132 valence electrons. The molecule has 0 radical (unpaired) electrons. The number of carbonyl (C=O) groups is 1. The van der Waals surface area contributed by atoms with Crippen LogP contribution in [0.2, 0.25) is 0 Å². The number of pyridine rings is 1. The Morgan fingerprint density at radius 1 is 1.08 bits per heavy atom. The molecule has 1 heterocycles. The maximum atomic E-state index is 12.9. The standard InChI is InChI=1S/C18H15FN4OS2/c19-13-6-8-14(9-7-13)21-18(25)23-22-16(24)11-26-15-5-1-3-12-4-2-10-20-17(12)15/h1-10H,11H2,(H,22,24)(H2,21,23,25). The lowest BCUT2D eigenvalue weighted by atomic mass is 10.2. The molecule has 0 saturated carbocycles. The highest BCUT2D eigenvalue weighted by atomic mass is 32.2. The van der Waals surface area contributed by atoms with Crippen LogP contribution in [0, 0.1) is 5.82 Å². The average Bonchev–Trinajstić information content (AvgIpc) is 2.66. The van der Waals surface area contributed by atoms with Crippen LogP contribution >= 0.6 is 24.0 Å². The van der Waals surface area contributed by atoms with Crippen LogP contribution in [0.3, 0.4) is 0 Å². The quantitative estimate of drug-likeness (QED) is 0.362. The Hall–Kier alpha value is -2.71. The van der Waals surface area contributed by atoms with Gasteiger partial charge in [0.15, 0.2) is 5.11 Å². The van der Waals surface area contributed by atoms with Crippen molar-refractivity contribution in [1.29, 1.82) is 0 Å². The summed E-state index contributed by atoms with van der Waals surface area (Å²) in [5.74, 6) is -0.351. The van der Waals surface area contributed by atoms with Crippen LogP contribution in [0.25, 0.3) is 10.9 Å². The number of anilines is 1. The first-order valence-corrected chi connectivity index (χ1v) is 9.09. The van der Waals surface area contributed by atoms with Gasteiger partial charge in [-0.1, -0.05) is 18.2 Å². The Balaban J connectivity index is 1.48. The molecule has 5 nitrogen and oxygen atoms in total. The van der Waals surface area contributed by atoms with Gasteiger partial charge >= 0.3 is 0 Å². The van der Waals surface area contributed by atoms with E-state index < -0.39 is 0 Å². The molecule has 0 atom stereocenters. The van der Waals surface area contributed by atoms with Crippen LogP contribution < -0.4 is 16.2 Å². The van der Waals surface area contributed by atoms with E-state index in [1.807, 2.05) is 30.3 Å². The molecule has 26 heavy (non-hydrogen) atoms. The normalized spacial score (nSPS) is 10.3. The highest BCUT2D eigenvalue weighted by molar-refractivity contribution is 8.00. The fourth-order valence-corrected chi connectivity index (χ4v) is 3.20. The van der Waals surface area contributed by atoms with Crippen molar-refractivity contribution in [3.8, 4) is 0 Å². The summed E-state index contributed by atoms with van der Waals surface area (Å²) in [7, 11) is 0. The largest absolute Gasteiger partial charge is 0.331 e. The number of fused-ring (bicyclic) bond motifs is 1. The number of nitrogens with one attached hydrogen (secondary N) is 3. The van der Waals surface area contributed by atoms with Gasteiger partial charge in [-0.2, -0.15) is 0 Å². The predicted octanol–water partition coefficient (Wildman–Crippen LogP) is 3.48. The minimum Gasteiger partial charge on any atom is -0.331 e. The topological polar surface area (TPSA) is 66.0 Å². The zero-order valence-electron chi connectivity index (χ0n) is 13.5. The fraction of sp³-hybridized carbons (Fsp3) is 0.0556. The molecule has 0 aliphatic heterocycles. The predicted molar refractivity (Wildman–Crippen MR) is 106 cm³/mol. The molecular formula is C18H15FN4OS2. The van der Waals surface area contributed by atoms with Gasteiger partial charge in [0.05, 0.1) is 11.3 Å². The number of hydrogen-bond donors (Lipinski definition) is 3. The minimum absolute atomic E-state index is 0.210. The maximum absolute atomic E-state index is 12.9. The van der Waals surface area contributed by atoms with Gasteiger partial charge in [0.25, 0.3) is 0 Å². The fourth-order valence-electron chi connectivity index (χ4n) is 2.19. The lowest BCUT2D eigenvalue weighted by molar-refractivity contribution is -0.119. The van der Waals surface area contributed by atoms with Crippen LogP contribution in [-0.2, 0) is 4.79 Å². The van der Waals surface area contributed by atoms with Gasteiger partial charge in [0.2, 0.25) is 5.91 Å². The van der Waals surface area contributed by atoms with Crippen LogP contribution in [0.4, 0.5) is 10.1 Å². The van der Waals surface area contributed by atoms with Gasteiger partial charge in [-0.25, -0.2) is 4.39 Å². The molecule has 0 saturated heterocycles. The Labute approximate surface area is 159 Å². The van der Waals surface area contributed by atoms with E-state index in [0.717, 1.165) is 15.8 Å². The highest BCUT2D eigenvalue weighted by Gasteiger charge is 2.07. The van der Waals surface area contributed by atoms with Crippen molar-refractivity contribution in [2.24, 2.45) is 0 Å². The number of nitrogens with zero attached hydrogens (tertiary/aromatic N) is 1. The summed E-state index contributed by atoms with van der Waals surface area (Å²) in [6, 6.07) is 15.4. The molecule has 3 N–H and O–H groups in total. The van der Waals surface area contributed by atoms with E-state index in [0.29, 0.717) is 5.69 Å². The number of para-hydroxylation sites is 1. The third-order valence-corrected chi connectivity index (χ3v) is 4.62. The van der Waals surface area contributed by atoms with Crippen molar-refractivity contribution >= 4 is 51.6 Å². The third kappa shape index (κ3) is 4.90. The molecule has 3 aromatic rings. The van der Waals surface area contributed by atoms with Gasteiger partial charge in [-0.05, 0) is 48.6 Å². The summed E-state index contributed by atoms with van der Waals surface area (Å²) in [4.78, 5) is 17.3. The summed E-state index contributed by atoms with van der Waals surface area (Å²) < 4.78 is 12.9. The zero-order chi connectivity index (χ0) is 18.4. The SMILES string of the molecule is O=C(CSc1cccc2cccnc12)NNC(=S)Nc1ccc(F)cc1. The van der Waals surface area contributed by atoms with Crippen LogP contribution in [0.5, 0.6) is 0 Å². The number of carbonyl (C=O) groups excluding carboxylic acids is 1. The van der Waals surface area contributed by atoms with Gasteiger partial charge in [-0.15, -0.1) is 11.8 Å². The second-order valence-corrected chi connectivity index (χ2v) is 6.68. The Morgan fingerprint density at radius 3 is 2.65 bits per heavy atom. The van der Waals surface area contributed by atoms with Crippen molar-refractivity contribution in [3.63, 3.8) is 0 Å². The number of amides is 1. The summed E-state index contributed by atoms with van der Waals surface area (Å²) >= 11 is 6.48. The van der Waals surface area contributed by atoms with E-state index in [9.17, 15) is 9.18 Å². The van der Waals surface area contributed by atoms with E-state index in [2.05, 4.69) is 21.2 Å². The molecular weight excluding hydrogens is 371 g/mol. The summed E-state index contributed by atoms with van der Waals surface area (Å²) in [6.07, 6.45) is 1.73. The summed E-state index contributed by atoms with van der Waals surface area (Å²) in [5, 5.41) is 4.08. The lowest BCUT2D eigenvalue weighted by Gasteiger charge is -2.11. The first-order chi connectivity index (χ1) is 12.6. The molecule has 2 aromatic carbocycles. The van der Waals surface area contributed by atoms with Crippen LogP contribution in [0.15, 0.2) is 65.7 Å². The van der Waals surface area contributed by atoms with Crippen molar-refractivity contribution in [1.82, 2.24) is 15.8 Å². The highest BCUT2D eigenvalue weighted by Crippen LogP contribution is 2.25. The average molecular weight is 386 g/mol. The number of thioether (sulfide) groups is 1.